The maximum Gasteiger partial charge on any atom is 0.343 e. The summed E-state index contributed by atoms with van der Waals surface area (Å²) in [4.78, 5) is 11.7. The molecule has 0 aliphatic carbocycles. The summed E-state index contributed by atoms with van der Waals surface area (Å²) in [5.74, 6) is -0.547. The molecule has 0 amide bonds. The van der Waals surface area contributed by atoms with Gasteiger partial charge in [0.25, 0.3) is 0 Å². The van der Waals surface area contributed by atoms with Crippen LogP contribution in [0, 0.1) is 0 Å². The maximum absolute atomic E-state index is 12.3. The third-order valence-electron chi connectivity index (χ3n) is 2.13. The highest BCUT2D eigenvalue weighted by molar-refractivity contribution is 9.12. The molecule has 0 saturated carbocycles. The number of carbonyl (C=O) groups excluding carboxylic acids is 1. The van der Waals surface area contributed by atoms with Gasteiger partial charge in [-0.25, -0.2) is 9.18 Å². The molecule has 0 unspecified atom stereocenters. The van der Waals surface area contributed by atoms with Crippen molar-refractivity contribution < 1.29 is 18.4 Å². The van der Waals surface area contributed by atoms with Crippen LogP contribution in [0.5, 0.6) is 0 Å². The number of alkyl halides is 1. The summed E-state index contributed by atoms with van der Waals surface area (Å²) in [5, 5.41) is 3.76. The molecule has 0 radical (unpaired) electrons. The van der Waals surface area contributed by atoms with E-state index in [0.717, 1.165) is 0 Å². The van der Waals surface area contributed by atoms with Gasteiger partial charge in [0.15, 0.2) is 0 Å². The molecule has 102 valence electrons. The highest BCUT2D eigenvalue weighted by atomic mass is 79.9. The molecule has 0 saturated heterocycles. The Morgan fingerprint density at radius 1 is 1.68 bits per heavy atom. The molecule has 0 aliphatic rings. The van der Waals surface area contributed by atoms with E-state index in [1.165, 1.54) is 24.5 Å². The zero-order valence-corrected chi connectivity index (χ0v) is 11.9. The molecule has 0 N–H and O–H groups in total. The maximum atomic E-state index is 12.3. The first-order chi connectivity index (χ1) is 9.15. The molecule has 19 heavy (non-hydrogen) atoms. The number of hydrogen-bond acceptors (Lipinski definition) is 4. The van der Waals surface area contributed by atoms with Crippen LogP contribution in [0.2, 0.25) is 0 Å². The fourth-order valence-corrected chi connectivity index (χ4v) is 1.65. The van der Waals surface area contributed by atoms with Crippen LogP contribution in [0.15, 0.2) is 40.1 Å². The number of carbonyl (C=O) groups is 1. The molecule has 4 nitrogen and oxygen atoms in total. The van der Waals surface area contributed by atoms with Gasteiger partial charge in [-0.05, 0) is 6.92 Å². The van der Waals surface area contributed by atoms with Gasteiger partial charge in [0.1, 0.15) is 24.2 Å². The molecular formula is C13H13BrFNO3. The van der Waals surface area contributed by atoms with Crippen LogP contribution in [-0.4, -0.2) is 24.4 Å². The highest BCUT2D eigenvalue weighted by Gasteiger charge is 2.20. The van der Waals surface area contributed by atoms with Crippen LogP contribution >= 0.6 is 15.9 Å². The van der Waals surface area contributed by atoms with Crippen molar-refractivity contribution in [3.05, 3.63) is 46.8 Å². The molecule has 0 bridgehead atoms. The fourth-order valence-electron chi connectivity index (χ4n) is 1.33. The Kier molecular flexibility index (Phi) is 6.21. The van der Waals surface area contributed by atoms with E-state index in [-0.39, 0.29) is 17.9 Å². The van der Waals surface area contributed by atoms with Crippen molar-refractivity contribution in [2.45, 2.75) is 6.92 Å². The number of nitrogens with zero attached hydrogens (tertiary/aromatic N) is 1. The molecule has 0 fully saturated rings. The van der Waals surface area contributed by atoms with E-state index in [4.69, 9.17) is 9.26 Å². The van der Waals surface area contributed by atoms with E-state index in [1.807, 2.05) is 0 Å². The van der Waals surface area contributed by atoms with Crippen molar-refractivity contribution in [2.75, 3.05) is 13.3 Å². The molecule has 1 aromatic rings. The summed E-state index contributed by atoms with van der Waals surface area (Å²) in [6.07, 6.45) is 5.50. The number of aromatic nitrogens is 1. The SMILES string of the molecule is C=C/C(Br)=C(\C=C/CF)c1nocc1C(=O)OCC. The number of rotatable bonds is 6. The smallest absolute Gasteiger partial charge is 0.343 e. The second kappa shape index (κ2) is 7.68. The van der Waals surface area contributed by atoms with E-state index >= 15 is 0 Å². The summed E-state index contributed by atoms with van der Waals surface area (Å²) in [7, 11) is 0. The molecule has 6 heteroatoms. The minimum atomic E-state index is -0.631. The third-order valence-corrected chi connectivity index (χ3v) is 2.88. The topological polar surface area (TPSA) is 52.3 Å². The van der Waals surface area contributed by atoms with Crippen molar-refractivity contribution in [1.29, 1.82) is 0 Å². The number of halogens is 2. The van der Waals surface area contributed by atoms with Gasteiger partial charge in [0, 0.05) is 10.1 Å². The quantitative estimate of drug-likeness (QED) is 0.590. The standard InChI is InChI=1S/C13H13BrFNO3/c1-3-11(14)9(6-5-7-15)12-10(8-19-16-12)13(17)18-4-2/h3,5-6,8H,1,4,7H2,2H3/b6-5-,11-9-. The normalized spacial score (nSPS) is 12.4. The molecule has 0 aliphatic heterocycles. The van der Waals surface area contributed by atoms with Crippen molar-refractivity contribution >= 4 is 27.5 Å². The molecule has 1 aromatic heterocycles. The van der Waals surface area contributed by atoms with Gasteiger partial charge in [-0.1, -0.05) is 45.9 Å². The van der Waals surface area contributed by atoms with Crippen molar-refractivity contribution in [1.82, 2.24) is 5.16 Å². The Labute approximate surface area is 118 Å². The van der Waals surface area contributed by atoms with Crippen LogP contribution in [-0.2, 0) is 4.74 Å². The summed E-state index contributed by atoms with van der Waals surface area (Å²) in [5.41, 5.74) is 0.943. The molecular weight excluding hydrogens is 317 g/mol. The van der Waals surface area contributed by atoms with Gasteiger partial charge < -0.3 is 9.26 Å². The second-order valence-electron chi connectivity index (χ2n) is 3.32. The molecule has 0 atom stereocenters. The highest BCUT2D eigenvalue weighted by Crippen LogP contribution is 2.27. The van der Waals surface area contributed by atoms with E-state index < -0.39 is 12.6 Å². The van der Waals surface area contributed by atoms with E-state index in [2.05, 4.69) is 27.7 Å². The fraction of sp³-hybridized carbons (Fsp3) is 0.231. The first-order valence-corrected chi connectivity index (χ1v) is 6.31. The lowest BCUT2D eigenvalue weighted by Gasteiger charge is -2.03. The van der Waals surface area contributed by atoms with E-state index in [9.17, 15) is 9.18 Å². The first kappa shape index (κ1) is 15.4. The summed E-state index contributed by atoms with van der Waals surface area (Å²) < 4.78 is 22.5. The van der Waals surface area contributed by atoms with Crippen LogP contribution in [0.4, 0.5) is 4.39 Å². The van der Waals surface area contributed by atoms with Crippen molar-refractivity contribution in [2.24, 2.45) is 0 Å². The van der Waals surface area contributed by atoms with E-state index in [0.29, 0.717) is 10.1 Å². The van der Waals surface area contributed by atoms with Gasteiger partial charge in [0.2, 0.25) is 0 Å². The molecule has 1 rings (SSSR count). The van der Waals surface area contributed by atoms with Crippen LogP contribution in [0.25, 0.3) is 5.57 Å². The largest absolute Gasteiger partial charge is 0.462 e. The van der Waals surface area contributed by atoms with Crippen LogP contribution < -0.4 is 0 Å². The van der Waals surface area contributed by atoms with Gasteiger partial charge in [-0.15, -0.1) is 0 Å². The zero-order valence-electron chi connectivity index (χ0n) is 10.4. The summed E-state index contributed by atoms with van der Waals surface area (Å²) >= 11 is 3.27. The molecule has 1 heterocycles. The van der Waals surface area contributed by atoms with Crippen molar-refractivity contribution in [3.63, 3.8) is 0 Å². The van der Waals surface area contributed by atoms with Crippen molar-refractivity contribution in [3.8, 4) is 0 Å². The average Bonchev–Trinajstić information content (AvgIpc) is 2.88. The first-order valence-electron chi connectivity index (χ1n) is 5.52. The minimum Gasteiger partial charge on any atom is -0.462 e. The zero-order chi connectivity index (χ0) is 14.3. The number of hydrogen-bond donors (Lipinski definition) is 0. The summed E-state index contributed by atoms with van der Waals surface area (Å²) in [6.45, 7) is 4.91. The van der Waals surface area contributed by atoms with Gasteiger partial charge in [0.05, 0.1) is 6.61 Å². The monoisotopic (exact) mass is 329 g/mol. The lowest BCUT2D eigenvalue weighted by molar-refractivity contribution is 0.0525. The van der Waals surface area contributed by atoms with Gasteiger partial charge in [-0.3, -0.25) is 0 Å². The number of ether oxygens (including phenoxy) is 1. The Balaban J connectivity index is 3.25. The van der Waals surface area contributed by atoms with E-state index in [1.54, 1.807) is 6.92 Å². The minimum absolute atomic E-state index is 0.180. The average molecular weight is 330 g/mol. The predicted molar refractivity (Wildman–Crippen MR) is 73.6 cm³/mol. The Morgan fingerprint density at radius 2 is 2.42 bits per heavy atom. The number of allylic oxidation sites excluding steroid dienone is 5. The van der Waals surface area contributed by atoms with Crippen LogP contribution in [0.3, 0.4) is 0 Å². The lowest BCUT2D eigenvalue weighted by Crippen LogP contribution is -2.06. The second-order valence-corrected chi connectivity index (χ2v) is 4.17. The Hall–Kier alpha value is -1.69. The van der Waals surface area contributed by atoms with Gasteiger partial charge >= 0.3 is 5.97 Å². The molecule has 0 aromatic carbocycles. The molecule has 0 spiro atoms. The number of esters is 1. The van der Waals surface area contributed by atoms with Gasteiger partial charge in [-0.2, -0.15) is 0 Å². The third kappa shape index (κ3) is 3.89. The predicted octanol–water partition coefficient (Wildman–Crippen LogP) is 3.67. The summed E-state index contributed by atoms with van der Waals surface area (Å²) in [6, 6.07) is 0. The lowest BCUT2D eigenvalue weighted by atomic mass is 10.1. The van der Waals surface area contributed by atoms with Crippen LogP contribution in [0.1, 0.15) is 23.0 Å². The Bertz CT molecular complexity index is 520. The Morgan fingerprint density at radius 3 is 3.00 bits per heavy atom.